The molecule has 2 bridgehead atoms. The van der Waals surface area contributed by atoms with Gasteiger partial charge >= 0.3 is 0 Å². The Kier molecular flexibility index (Phi) is 2.54. The summed E-state index contributed by atoms with van der Waals surface area (Å²) in [6, 6.07) is 7.17. The van der Waals surface area contributed by atoms with Crippen molar-refractivity contribution < 1.29 is 9.59 Å². The summed E-state index contributed by atoms with van der Waals surface area (Å²) in [5.41, 5.74) is 0.999. The summed E-state index contributed by atoms with van der Waals surface area (Å²) in [7, 11) is 0. The van der Waals surface area contributed by atoms with Crippen LogP contribution in [0.2, 0.25) is 5.02 Å². The number of benzene rings is 1. The van der Waals surface area contributed by atoms with Crippen LogP contribution < -0.4 is 0 Å². The van der Waals surface area contributed by atoms with Gasteiger partial charge in [-0.05, 0) is 47.8 Å². The summed E-state index contributed by atoms with van der Waals surface area (Å²) in [5, 5.41) is 5.85. The number of rotatable bonds is 2. The van der Waals surface area contributed by atoms with Gasteiger partial charge in [0.2, 0.25) is 0 Å². The van der Waals surface area contributed by atoms with Crippen LogP contribution in [0.15, 0.2) is 41.5 Å². The van der Waals surface area contributed by atoms with Gasteiger partial charge in [-0.15, -0.1) is 0 Å². The van der Waals surface area contributed by atoms with E-state index >= 15 is 0 Å². The van der Waals surface area contributed by atoms with E-state index in [0.29, 0.717) is 5.02 Å². The zero-order valence-corrected chi connectivity index (χ0v) is 13.1. The summed E-state index contributed by atoms with van der Waals surface area (Å²) in [5.74, 6) is -0.198. The number of carbonyl (C=O) groups is 2. The normalized spacial score (nSPS) is 35.8. The monoisotopic (exact) mass is 326 g/mol. The lowest BCUT2D eigenvalue weighted by molar-refractivity contribution is -0.141. The average molecular weight is 327 g/mol. The molecule has 0 radical (unpaired) electrons. The third-order valence-corrected chi connectivity index (χ3v) is 6.24. The standard InChI is InChI=1S/C18H15ClN2O2/c19-11-3-1-2-10(8-11)9-20-21-16(22)14-12-4-5-13(15(14)17(21)23)18(12)6-7-18/h1-5,8-9,12-15H,6-7H2/b20-9-/t12-,13+,14+,15-. The molecule has 1 saturated heterocycles. The molecule has 4 aliphatic rings. The number of hydrogen-bond donors (Lipinski definition) is 0. The summed E-state index contributed by atoms with van der Waals surface area (Å²) in [6.07, 6.45) is 8.15. The van der Waals surface area contributed by atoms with Crippen LogP contribution >= 0.6 is 11.6 Å². The highest BCUT2D eigenvalue weighted by Gasteiger charge is 2.73. The number of nitrogens with zero attached hydrogens (tertiary/aromatic N) is 2. The molecule has 1 aliphatic heterocycles. The number of allylic oxidation sites excluding steroid dienone is 2. The number of halogens is 1. The molecule has 1 aromatic rings. The first-order valence-corrected chi connectivity index (χ1v) is 8.35. The maximum absolute atomic E-state index is 12.7. The van der Waals surface area contributed by atoms with Gasteiger partial charge in [-0.25, -0.2) is 0 Å². The zero-order valence-electron chi connectivity index (χ0n) is 12.4. The topological polar surface area (TPSA) is 49.7 Å². The summed E-state index contributed by atoms with van der Waals surface area (Å²) < 4.78 is 0. The maximum atomic E-state index is 12.7. The van der Waals surface area contributed by atoms with Crippen molar-refractivity contribution in [3.63, 3.8) is 0 Å². The van der Waals surface area contributed by atoms with Crippen molar-refractivity contribution in [3.05, 3.63) is 47.0 Å². The van der Waals surface area contributed by atoms with Crippen LogP contribution in [-0.4, -0.2) is 23.0 Å². The lowest BCUT2D eigenvalue weighted by atomic mass is 9.85. The van der Waals surface area contributed by atoms with Gasteiger partial charge in [0.05, 0.1) is 18.1 Å². The highest BCUT2D eigenvalue weighted by atomic mass is 35.5. The van der Waals surface area contributed by atoms with Crippen molar-refractivity contribution in [2.75, 3.05) is 0 Å². The molecule has 0 N–H and O–H groups in total. The Hall–Kier alpha value is -1.94. The van der Waals surface area contributed by atoms with Gasteiger partial charge in [0.15, 0.2) is 0 Å². The van der Waals surface area contributed by atoms with Crippen LogP contribution in [0, 0.1) is 29.1 Å². The van der Waals surface area contributed by atoms with E-state index in [-0.39, 0.29) is 40.9 Å². The highest BCUT2D eigenvalue weighted by molar-refractivity contribution is 6.30. The zero-order chi connectivity index (χ0) is 15.8. The first-order chi connectivity index (χ1) is 11.1. The second-order valence-electron chi connectivity index (χ2n) is 7.01. The number of hydrogen-bond acceptors (Lipinski definition) is 3. The Morgan fingerprint density at radius 3 is 2.35 bits per heavy atom. The minimum atomic E-state index is -0.198. The van der Waals surface area contributed by atoms with Crippen molar-refractivity contribution in [3.8, 4) is 0 Å². The smallest absolute Gasteiger partial charge is 0.254 e. The largest absolute Gasteiger partial charge is 0.272 e. The van der Waals surface area contributed by atoms with Gasteiger partial charge in [0.1, 0.15) is 0 Å². The van der Waals surface area contributed by atoms with Crippen molar-refractivity contribution in [1.29, 1.82) is 0 Å². The van der Waals surface area contributed by atoms with Gasteiger partial charge in [-0.1, -0.05) is 35.9 Å². The van der Waals surface area contributed by atoms with Gasteiger partial charge in [-0.2, -0.15) is 10.1 Å². The third kappa shape index (κ3) is 1.65. The summed E-state index contributed by atoms with van der Waals surface area (Å²) >= 11 is 5.94. The molecular weight excluding hydrogens is 312 g/mol. The number of amides is 2. The molecule has 0 unspecified atom stereocenters. The molecule has 1 spiro atoms. The number of carbonyl (C=O) groups excluding carboxylic acids is 2. The van der Waals surface area contributed by atoms with E-state index in [9.17, 15) is 9.59 Å². The first kappa shape index (κ1) is 13.5. The van der Waals surface area contributed by atoms with Crippen LogP contribution in [0.5, 0.6) is 0 Å². The van der Waals surface area contributed by atoms with E-state index in [2.05, 4.69) is 17.3 Å². The average Bonchev–Trinajstić information content (AvgIpc) is 3.13. The molecule has 2 amide bonds. The fourth-order valence-corrected chi connectivity index (χ4v) is 5.09. The Labute approximate surface area is 138 Å². The van der Waals surface area contributed by atoms with E-state index in [0.717, 1.165) is 23.4 Å². The first-order valence-electron chi connectivity index (χ1n) is 7.97. The van der Waals surface area contributed by atoms with Gasteiger partial charge in [0.25, 0.3) is 11.8 Å². The number of fused-ring (bicyclic) bond motifs is 3. The molecule has 1 aromatic carbocycles. The fourth-order valence-electron chi connectivity index (χ4n) is 4.89. The molecule has 1 heterocycles. The van der Waals surface area contributed by atoms with Crippen LogP contribution in [0.4, 0.5) is 0 Å². The Morgan fingerprint density at radius 1 is 1.13 bits per heavy atom. The van der Waals surface area contributed by atoms with E-state index in [1.54, 1.807) is 12.1 Å². The Morgan fingerprint density at radius 2 is 1.78 bits per heavy atom. The van der Waals surface area contributed by atoms with Crippen LogP contribution in [0.3, 0.4) is 0 Å². The van der Waals surface area contributed by atoms with Gasteiger partial charge in [-0.3, -0.25) is 9.59 Å². The van der Waals surface area contributed by atoms with E-state index < -0.39 is 0 Å². The predicted molar refractivity (Wildman–Crippen MR) is 85.7 cm³/mol. The molecule has 3 aliphatic carbocycles. The Balaban J connectivity index is 1.44. The molecular formula is C18H15ClN2O2. The predicted octanol–water partition coefficient (Wildman–Crippen LogP) is 2.87. The second kappa shape index (κ2) is 4.32. The number of hydrazone groups is 1. The minimum Gasteiger partial charge on any atom is -0.272 e. The summed E-state index contributed by atoms with van der Waals surface area (Å²) in [6.45, 7) is 0. The maximum Gasteiger partial charge on any atom is 0.254 e. The lowest BCUT2D eigenvalue weighted by Crippen LogP contribution is -2.30. The molecule has 5 rings (SSSR count). The van der Waals surface area contributed by atoms with E-state index in [4.69, 9.17) is 11.6 Å². The molecule has 3 fully saturated rings. The third-order valence-electron chi connectivity index (χ3n) is 6.00. The molecule has 0 aromatic heterocycles. The molecule has 116 valence electrons. The second-order valence-corrected chi connectivity index (χ2v) is 7.45. The van der Waals surface area contributed by atoms with Crippen LogP contribution in [0.1, 0.15) is 18.4 Å². The van der Waals surface area contributed by atoms with Crippen molar-refractivity contribution in [2.45, 2.75) is 12.8 Å². The van der Waals surface area contributed by atoms with Gasteiger partial charge in [0, 0.05) is 5.02 Å². The van der Waals surface area contributed by atoms with Crippen molar-refractivity contribution >= 4 is 29.6 Å². The fraction of sp³-hybridized carbons (Fsp3) is 0.389. The molecule has 5 heteroatoms. The quantitative estimate of drug-likeness (QED) is 0.476. The number of imide groups is 1. The molecule has 4 nitrogen and oxygen atoms in total. The van der Waals surface area contributed by atoms with Crippen LogP contribution in [-0.2, 0) is 9.59 Å². The summed E-state index contributed by atoms with van der Waals surface area (Å²) in [4.78, 5) is 25.4. The van der Waals surface area contributed by atoms with E-state index in [1.807, 2.05) is 12.1 Å². The van der Waals surface area contributed by atoms with Gasteiger partial charge < -0.3 is 0 Å². The molecule has 23 heavy (non-hydrogen) atoms. The molecule has 4 atom stereocenters. The lowest BCUT2D eigenvalue weighted by Gasteiger charge is -2.18. The minimum absolute atomic E-state index is 0.138. The SMILES string of the molecule is O=C1[C@@H]2[C@H](C(=O)N1/N=C\c1cccc(Cl)c1)[C@@H]1C=C[C@H]2C12CC2. The highest BCUT2D eigenvalue weighted by Crippen LogP contribution is 2.73. The van der Waals surface area contributed by atoms with Crippen LogP contribution in [0.25, 0.3) is 0 Å². The Bertz CT molecular complexity index is 762. The van der Waals surface area contributed by atoms with Crippen molar-refractivity contribution in [1.82, 2.24) is 5.01 Å². The molecule has 2 saturated carbocycles. The van der Waals surface area contributed by atoms with E-state index in [1.165, 1.54) is 6.21 Å². The van der Waals surface area contributed by atoms with Crippen molar-refractivity contribution in [2.24, 2.45) is 34.2 Å².